The zero-order valence-electron chi connectivity index (χ0n) is 11.1. The Morgan fingerprint density at radius 1 is 1.40 bits per heavy atom. The van der Waals surface area contributed by atoms with Crippen molar-refractivity contribution in [1.29, 1.82) is 0 Å². The van der Waals surface area contributed by atoms with E-state index in [2.05, 4.69) is 20.7 Å². The van der Waals surface area contributed by atoms with Crippen LogP contribution < -0.4 is 10.5 Å². The van der Waals surface area contributed by atoms with Crippen LogP contribution >= 0.6 is 15.9 Å². The molecule has 20 heavy (non-hydrogen) atoms. The second kappa shape index (κ2) is 6.89. The molecule has 1 aliphatic rings. The Hall–Kier alpha value is -0.630. The Bertz CT molecular complexity index is 557. The van der Waals surface area contributed by atoms with E-state index in [0.717, 1.165) is 25.9 Å². The van der Waals surface area contributed by atoms with Gasteiger partial charge >= 0.3 is 0 Å². The fourth-order valence-corrected chi connectivity index (χ4v) is 3.75. The average molecular weight is 363 g/mol. The molecule has 0 amide bonds. The van der Waals surface area contributed by atoms with E-state index in [9.17, 15) is 8.42 Å². The first-order valence-corrected chi connectivity index (χ1v) is 8.93. The van der Waals surface area contributed by atoms with Crippen LogP contribution in [0.2, 0.25) is 0 Å². The predicted octanol–water partition coefficient (Wildman–Crippen LogP) is 2.27. The van der Waals surface area contributed by atoms with E-state index >= 15 is 0 Å². The minimum absolute atomic E-state index is 0.171. The third-order valence-corrected chi connectivity index (χ3v) is 5.46. The van der Waals surface area contributed by atoms with Crippen LogP contribution in [0.1, 0.15) is 25.7 Å². The first-order valence-electron chi connectivity index (χ1n) is 6.65. The molecule has 0 aromatic heterocycles. The summed E-state index contributed by atoms with van der Waals surface area (Å²) in [6.07, 6.45) is 4.14. The number of rotatable bonds is 5. The Morgan fingerprint density at radius 2 is 2.20 bits per heavy atom. The van der Waals surface area contributed by atoms with E-state index in [0.29, 0.717) is 23.1 Å². The molecule has 1 aromatic rings. The van der Waals surface area contributed by atoms with Crippen LogP contribution in [0.4, 0.5) is 5.69 Å². The van der Waals surface area contributed by atoms with Gasteiger partial charge in [-0.05, 0) is 59.8 Å². The van der Waals surface area contributed by atoms with Crippen molar-refractivity contribution in [3.05, 3.63) is 22.7 Å². The highest BCUT2D eigenvalue weighted by Gasteiger charge is 2.17. The number of nitrogen functional groups attached to an aromatic ring is 1. The first-order chi connectivity index (χ1) is 9.49. The molecule has 1 atom stereocenters. The topological polar surface area (TPSA) is 81.4 Å². The number of benzene rings is 1. The molecule has 1 heterocycles. The molecule has 112 valence electrons. The summed E-state index contributed by atoms with van der Waals surface area (Å²) in [4.78, 5) is 0.211. The van der Waals surface area contributed by atoms with E-state index in [-0.39, 0.29) is 11.0 Å². The smallest absolute Gasteiger partial charge is 0.240 e. The Labute approximate surface area is 128 Å². The molecular formula is C13H19BrN2O3S. The van der Waals surface area contributed by atoms with Crippen LogP contribution in [0.3, 0.4) is 0 Å². The molecule has 7 heteroatoms. The fraction of sp³-hybridized carbons (Fsp3) is 0.538. The zero-order chi connectivity index (χ0) is 14.6. The Balaban J connectivity index is 1.91. The van der Waals surface area contributed by atoms with Crippen LogP contribution in [0, 0.1) is 0 Å². The highest BCUT2D eigenvalue weighted by Crippen LogP contribution is 2.23. The number of sulfonamides is 1. The lowest BCUT2D eigenvalue weighted by Gasteiger charge is -2.22. The lowest BCUT2D eigenvalue weighted by molar-refractivity contribution is 0.0123. The molecule has 5 nitrogen and oxygen atoms in total. The van der Waals surface area contributed by atoms with Crippen molar-refractivity contribution in [3.63, 3.8) is 0 Å². The van der Waals surface area contributed by atoms with Crippen LogP contribution in [0.5, 0.6) is 0 Å². The van der Waals surface area contributed by atoms with Crippen molar-refractivity contribution in [2.75, 3.05) is 18.9 Å². The van der Waals surface area contributed by atoms with Gasteiger partial charge in [0, 0.05) is 23.3 Å². The highest BCUT2D eigenvalue weighted by molar-refractivity contribution is 9.10. The second-order valence-corrected chi connectivity index (χ2v) is 7.48. The van der Waals surface area contributed by atoms with Gasteiger partial charge in [0.05, 0.1) is 11.0 Å². The predicted molar refractivity (Wildman–Crippen MR) is 82.0 cm³/mol. The van der Waals surface area contributed by atoms with Crippen molar-refractivity contribution in [3.8, 4) is 0 Å². The molecule has 3 N–H and O–H groups in total. The van der Waals surface area contributed by atoms with E-state index in [1.807, 2.05) is 0 Å². The molecule has 1 unspecified atom stereocenters. The third kappa shape index (κ3) is 4.18. The summed E-state index contributed by atoms with van der Waals surface area (Å²) in [5, 5.41) is 0. The summed E-state index contributed by atoms with van der Waals surface area (Å²) in [5.74, 6) is 0. The SMILES string of the molecule is Nc1ccc(S(=O)(=O)NCCC2CCCCO2)cc1Br. The van der Waals surface area contributed by atoms with Crippen molar-refractivity contribution >= 4 is 31.6 Å². The molecule has 1 aliphatic heterocycles. The third-order valence-electron chi connectivity index (χ3n) is 3.31. The molecule has 0 bridgehead atoms. The standard InChI is InChI=1S/C13H19BrN2O3S/c14-12-9-11(4-5-13(12)15)20(17,18)16-7-6-10-3-1-2-8-19-10/h4-5,9-10,16H,1-3,6-8,15H2. The highest BCUT2D eigenvalue weighted by atomic mass is 79.9. The molecule has 1 fully saturated rings. The normalized spacial score (nSPS) is 19.9. The number of hydrogen-bond donors (Lipinski definition) is 2. The van der Waals surface area contributed by atoms with Crippen LogP contribution in [0.25, 0.3) is 0 Å². The summed E-state index contributed by atoms with van der Waals surface area (Å²) in [7, 11) is -3.49. The monoisotopic (exact) mass is 362 g/mol. The van der Waals surface area contributed by atoms with E-state index < -0.39 is 10.0 Å². The lowest BCUT2D eigenvalue weighted by Crippen LogP contribution is -2.29. The van der Waals surface area contributed by atoms with Gasteiger partial charge in [-0.25, -0.2) is 13.1 Å². The number of hydrogen-bond acceptors (Lipinski definition) is 4. The van der Waals surface area contributed by atoms with Gasteiger partial charge in [-0.3, -0.25) is 0 Å². The molecule has 2 rings (SSSR count). The zero-order valence-corrected chi connectivity index (χ0v) is 13.5. The maximum Gasteiger partial charge on any atom is 0.240 e. The largest absolute Gasteiger partial charge is 0.398 e. The Morgan fingerprint density at radius 3 is 2.85 bits per heavy atom. The molecule has 1 saturated heterocycles. The summed E-state index contributed by atoms with van der Waals surface area (Å²) in [6, 6.07) is 4.58. The van der Waals surface area contributed by atoms with E-state index in [1.54, 1.807) is 6.07 Å². The summed E-state index contributed by atoms with van der Waals surface area (Å²) in [5.41, 5.74) is 6.16. The maximum atomic E-state index is 12.1. The fourth-order valence-electron chi connectivity index (χ4n) is 2.15. The number of ether oxygens (including phenoxy) is 1. The number of halogens is 1. The van der Waals surface area contributed by atoms with Crippen LogP contribution in [0.15, 0.2) is 27.6 Å². The van der Waals surface area contributed by atoms with Crippen molar-refractivity contribution in [2.45, 2.75) is 36.7 Å². The Kier molecular flexibility index (Phi) is 5.42. The summed E-state index contributed by atoms with van der Waals surface area (Å²) >= 11 is 3.23. The molecule has 0 spiro atoms. The van der Waals surface area contributed by atoms with Gasteiger partial charge in [-0.15, -0.1) is 0 Å². The molecule has 0 radical (unpaired) electrons. The van der Waals surface area contributed by atoms with Gasteiger partial charge in [0.15, 0.2) is 0 Å². The van der Waals surface area contributed by atoms with Gasteiger partial charge in [0.2, 0.25) is 10.0 Å². The number of nitrogens with one attached hydrogen (secondary N) is 1. The molecule has 0 aliphatic carbocycles. The van der Waals surface area contributed by atoms with Crippen molar-refractivity contribution in [1.82, 2.24) is 4.72 Å². The summed E-state index contributed by atoms with van der Waals surface area (Å²) < 4.78 is 33.0. The minimum Gasteiger partial charge on any atom is -0.398 e. The minimum atomic E-state index is -3.49. The number of nitrogens with two attached hydrogens (primary N) is 1. The van der Waals surface area contributed by atoms with E-state index in [4.69, 9.17) is 10.5 Å². The second-order valence-electron chi connectivity index (χ2n) is 4.86. The molecule has 0 saturated carbocycles. The maximum absolute atomic E-state index is 12.1. The first kappa shape index (κ1) is 15.8. The van der Waals surface area contributed by atoms with Crippen molar-refractivity contribution < 1.29 is 13.2 Å². The number of anilines is 1. The molecule has 1 aromatic carbocycles. The lowest BCUT2D eigenvalue weighted by atomic mass is 10.1. The van der Waals surface area contributed by atoms with Gasteiger partial charge in [-0.1, -0.05) is 0 Å². The van der Waals surface area contributed by atoms with E-state index in [1.165, 1.54) is 12.1 Å². The average Bonchev–Trinajstić information content (AvgIpc) is 2.43. The van der Waals surface area contributed by atoms with Gasteiger partial charge in [0.25, 0.3) is 0 Å². The van der Waals surface area contributed by atoms with Crippen molar-refractivity contribution in [2.24, 2.45) is 0 Å². The molecular weight excluding hydrogens is 344 g/mol. The van der Waals surface area contributed by atoms with Crippen LogP contribution in [-0.4, -0.2) is 27.7 Å². The summed E-state index contributed by atoms with van der Waals surface area (Å²) in [6.45, 7) is 1.16. The van der Waals surface area contributed by atoms with Gasteiger partial charge < -0.3 is 10.5 Å². The quantitative estimate of drug-likeness (QED) is 0.787. The van der Waals surface area contributed by atoms with Crippen LogP contribution in [-0.2, 0) is 14.8 Å². The van der Waals surface area contributed by atoms with Gasteiger partial charge in [-0.2, -0.15) is 0 Å². The van der Waals surface area contributed by atoms with Gasteiger partial charge in [0.1, 0.15) is 0 Å².